The van der Waals surface area contributed by atoms with Crippen molar-refractivity contribution < 1.29 is 4.42 Å². The predicted octanol–water partition coefficient (Wildman–Crippen LogP) is 3.08. The molecule has 0 saturated heterocycles. The molecule has 90 valence electrons. The number of thioether (sulfide) groups is 1. The van der Waals surface area contributed by atoms with E-state index in [0.29, 0.717) is 11.8 Å². The third-order valence-electron chi connectivity index (χ3n) is 2.64. The van der Waals surface area contributed by atoms with Gasteiger partial charge in [0.1, 0.15) is 5.76 Å². The number of rotatable bonds is 4. The molecule has 2 aromatic rings. The van der Waals surface area contributed by atoms with Crippen LogP contribution in [-0.4, -0.2) is 11.5 Å². The van der Waals surface area contributed by atoms with Gasteiger partial charge in [0.15, 0.2) is 0 Å². The first-order valence-corrected chi connectivity index (χ1v) is 6.44. The average molecular weight is 248 g/mol. The van der Waals surface area contributed by atoms with Gasteiger partial charge in [-0.1, -0.05) is 42.1 Å². The van der Waals surface area contributed by atoms with E-state index in [2.05, 4.69) is 17.1 Å². The number of oxazole rings is 1. The maximum absolute atomic E-state index is 5.81. The molecule has 0 aliphatic heterocycles. The SMILES string of the molecule is Cc1nc(SC(CN)c2ccccc2)oc1C. The van der Waals surface area contributed by atoms with Crippen LogP contribution in [0.15, 0.2) is 40.0 Å². The van der Waals surface area contributed by atoms with Crippen LogP contribution < -0.4 is 5.73 Å². The molecular weight excluding hydrogens is 232 g/mol. The lowest BCUT2D eigenvalue weighted by Gasteiger charge is -2.11. The van der Waals surface area contributed by atoms with Crippen molar-refractivity contribution in [2.75, 3.05) is 6.54 Å². The largest absolute Gasteiger partial charge is 0.437 e. The molecule has 17 heavy (non-hydrogen) atoms. The molecule has 0 amide bonds. The summed E-state index contributed by atoms with van der Waals surface area (Å²) in [5.41, 5.74) is 7.95. The molecule has 0 radical (unpaired) electrons. The molecule has 1 atom stereocenters. The molecule has 1 aromatic heterocycles. The molecule has 0 saturated carbocycles. The van der Waals surface area contributed by atoms with Crippen molar-refractivity contribution in [1.29, 1.82) is 0 Å². The van der Waals surface area contributed by atoms with E-state index in [9.17, 15) is 0 Å². The smallest absolute Gasteiger partial charge is 0.256 e. The first kappa shape index (κ1) is 12.2. The van der Waals surface area contributed by atoms with Crippen molar-refractivity contribution in [3.63, 3.8) is 0 Å². The van der Waals surface area contributed by atoms with Gasteiger partial charge in [0, 0.05) is 6.54 Å². The van der Waals surface area contributed by atoms with E-state index in [-0.39, 0.29) is 5.25 Å². The first-order chi connectivity index (χ1) is 8.20. The van der Waals surface area contributed by atoms with Gasteiger partial charge < -0.3 is 10.2 Å². The van der Waals surface area contributed by atoms with Crippen molar-refractivity contribution in [1.82, 2.24) is 4.98 Å². The summed E-state index contributed by atoms with van der Waals surface area (Å²) in [7, 11) is 0. The van der Waals surface area contributed by atoms with Crippen LogP contribution in [0.3, 0.4) is 0 Å². The summed E-state index contributed by atoms with van der Waals surface area (Å²) >= 11 is 1.57. The summed E-state index contributed by atoms with van der Waals surface area (Å²) < 4.78 is 5.56. The zero-order chi connectivity index (χ0) is 12.3. The number of hydrogen-bond acceptors (Lipinski definition) is 4. The summed E-state index contributed by atoms with van der Waals surface area (Å²) in [5, 5.41) is 0.882. The van der Waals surface area contributed by atoms with Crippen LogP contribution >= 0.6 is 11.8 Å². The molecule has 2 rings (SSSR count). The molecule has 3 nitrogen and oxygen atoms in total. The Labute approximate surface area is 105 Å². The van der Waals surface area contributed by atoms with Crippen molar-refractivity contribution >= 4 is 11.8 Å². The zero-order valence-corrected chi connectivity index (χ0v) is 10.8. The molecule has 0 fully saturated rings. The third kappa shape index (κ3) is 2.90. The predicted molar refractivity (Wildman–Crippen MR) is 70.1 cm³/mol. The average Bonchev–Trinajstić information content (AvgIpc) is 2.67. The summed E-state index contributed by atoms with van der Waals surface area (Å²) in [6, 6.07) is 10.2. The quantitative estimate of drug-likeness (QED) is 0.845. The minimum Gasteiger partial charge on any atom is -0.437 e. The highest BCUT2D eigenvalue weighted by Gasteiger charge is 2.15. The second-order valence-electron chi connectivity index (χ2n) is 3.87. The van der Waals surface area contributed by atoms with Gasteiger partial charge in [0.2, 0.25) is 0 Å². The van der Waals surface area contributed by atoms with Gasteiger partial charge in [-0.3, -0.25) is 0 Å². The lowest BCUT2D eigenvalue weighted by atomic mass is 10.1. The van der Waals surface area contributed by atoms with Gasteiger partial charge in [-0.2, -0.15) is 0 Å². The van der Waals surface area contributed by atoms with Crippen molar-refractivity contribution in [3.05, 3.63) is 47.3 Å². The summed E-state index contributed by atoms with van der Waals surface area (Å²) in [4.78, 5) is 4.36. The topological polar surface area (TPSA) is 52.0 Å². The van der Waals surface area contributed by atoms with Gasteiger partial charge in [-0.25, -0.2) is 4.98 Å². The summed E-state index contributed by atoms with van der Waals surface area (Å²) in [6.45, 7) is 4.43. The standard InChI is InChI=1S/C13H16N2OS/c1-9-10(2)16-13(15-9)17-12(8-14)11-6-4-3-5-7-11/h3-7,12H,8,14H2,1-2H3. The van der Waals surface area contributed by atoms with E-state index in [1.165, 1.54) is 5.56 Å². The lowest BCUT2D eigenvalue weighted by Crippen LogP contribution is -2.09. The van der Waals surface area contributed by atoms with Crippen LogP contribution in [0.25, 0.3) is 0 Å². The van der Waals surface area contributed by atoms with E-state index in [4.69, 9.17) is 10.2 Å². The van der Waals surface area contributed by atoms with Crippen LogP contribution in [0.4, 0.5) is 0 Å². The molecule has 1 unspecified atom stereocenters. The number of aromatic nitrogens is 1. The zero-order valence-electron chi connectivity index (χ0n) is 10.0. The molecule has 0 spiro atoms. The van der Waals surface area contributed by atoms with Crippen LogP contribution in [0, 0.1) is 13.8 Å². The number of benzene rings is 1. The van der Waals surface area contributed by atoms with Crippen LogP contribution in [0.5, 0.6) is 0 Å². The van der Waals surface area contributed by atoms with E-state index in [0.717, 1.165) is 11.5 Å². The van der Waals surface area contributed by atoms with E-state index < -0.39 is 0 Å². The fourth-order valence-electron chi connectivity index (χ4n) is 1.54. The fraction of sp³-hybridized carbons (Fsp3) is 0.308. The molecule has 0 bridgehead atoms. The van der Waals surface area contributed by atoms with E-state index >= 15 is 0 Å². The Hall–Kier alpha value is -1.26. The Morgan fingerprint density at radius 3 is 2.53 bits per heavy atom. The van der Waals surface area contributed by atoms with Gasteiger partial charge in [0.25, 0.3) is 5.22 Å². The Balaban J connectivity index is 2.15. The number of nitrogens with two attached hydrogens (primary N) is 1. The van der Waals surface area contributed by atoms with Crippen molar-refractivity contribution in [2.24, 2.45) is 5.73 Å². The molecule has 0 aliphatic rings. The number of nitrogens with zero attached hydrogens (tertiary/aromatic N) is 1. The maximum atomic E-state index is 5.81. The van der Waals surface area contributed by atoms with Gasteiger partial charge in [-0.05, 0) is 19.4 Å². The third-order valence-corrected chi connectivity index (χ3v) is 3.76. The molecule has 1 heterocycles. The monoisotopic (exact) mass is 248 g/mol. The van der Waals surface area contributed by atoms with Gasteiger partial charge in [-0.15, -0.1) is 0 Å². The first-order valence-electron chi connectivity index (χ1n) is 5.56. The van der Waals surface area contributed by atoms with Gasteiger partial charge in [0.05, 0.1) is 10.9 Å². The van der Waals surface area contributed by atoms with E-state index in [1.807, 2.05) is 32.0 Å². The van der Waals surface area contributed by atoms with Crippen molar-refractivity contribution in [3.8, 4) is 0 Å². The molecule has 0 aliphatic carbocycles. The molecular formula is C13H16N2OS. The molecule has 4 heteroatoms. The van der Waals surface area contributed by atoms with Gasteiger partial charge >= 0.3 is 0 Å². The number of hydrogen-bond donors (Lipinski definition) is 1. The minimum atomic E-state index is 0.189. The Kier molecular flexibility index (Phi) is 3.86. The highest BCUT2D eigenvalue weighted by Crippen LogP contribution is 2.34. The normalized spacial score (nSPS) is 12.6. The van der Waals surface area contributed by atoms with E-state index in [1.54, 1.807) is 11.8 Å². The Morgan fingerprint density at radius 2 is 2.00 bits per heavy atom. The minimum absolute atomic E-state index is 0.189. The van der Waals surface area contributed by atoms with Crippen molar-refractivity contribution in [2.45, 2.75) is 24.3 Å². The Morgan fingerprint density at radius 1 is 1.29 bits per heavy atom. The summed E-state index contributed by atoms with van der Waals surface area (Å²) in [5.74, 6) is 0.872. The maximum Gasteiger partial charge on any atom is 0.256 e. The second kappa shape index (κ2) is 5.38. The molecule has 1 aromatic carbocycles. The van der Waals surface area contributed by atoms with Crippen LogP contribution in [0.2, 0.25) is 0 Å². The number of aryl methyl sites for hydroxylation is 2. The second-order valence-corrected chi connectivity index (χ2v) is 5.03. The van der Waals surface area contributed by atoms with Crippen LogP contribution in [0.1, 0.15) is 22.3 Å². The lowest BCUT2D eigenvalue weighted by molar-refractivity contribution is 0.430. The Bertz CT molecular complexity index is 462. The van der Waals surface area contributed by atoms with Crippen LogP contribution in [-0.2, 0) is 0 Å². The fourth-order valence-corrected chi connectivity index (χ4v) is 2.53. The summed E-state index contributed by atoms with van der Waals surface area (Å²) in [6.07, 6.45) is 0. The highest BCUT2D eigenvalue weighted by molar-refractivity contribution is 7.99. The molecule has 2 N–H and O–H groups in total. The highest BCUT2D eigenvalue weighted by atomic mass is 32.2.